The quantitative estimate of drug-likeness (QED) is 0.520. The van der Waals surface area contributed by atoms with Gasteiger partial charge < -0.3 is 19.9 Å². The first-order valence-corrected chi connectivity index (χ1v) is 11.8. The van der Waals surface area contributed by atoms with E-state index in [2.05, 4.69) is 19.7 Å². The number of nitrogens with zero attached hydrogens (tertiary/aromatic N) is 5. The van der Waals surface area contributed by atoms with Crippen LogP contribution in [0.2, 0.25) is 0 Å². The van der Waals surface area contributed by atoms with Crippen molar-refractivity contribution in [3.05, 3.63) is 26.7 Å². The molecule has 12 heteroatoms. The maximum absolute atomic E-state index is 13.2. The Kier molecular flexibility index (Phi) is 8.13. The predicted octanol–water partition coefficient (Wildman–Crippen LogP) is 0.864. The fraction of sp³-hybridized carbons (Fsp3) is 0.650. The number of aromatic nitrogens is 5. The maximum atomic E-state index is 13.2. The summed E-state index contributed by atoms with van der Waals surface area (Å²) in [6, 6.07) is 0. The highest BCUT2D eigenvalue weighted by Crippen LogP contribution is 2.24. The van der Waals surface area contributed by atoms with Gasteiger partial charge in [0, 0.05) is 33.2 Å². The van der Waals surface area contributed by atoms with Gasteiger partial charge in [-0.15, -0.1) is 10.2 Å². The van der Waals surface area contributed by atoms with E-state index in [1.54, 1.807) is 0 Å². The van der Waals surface area contributed by atoms with Gasteiger partial charge in [-0.2, -0.15) is 0 Å². The largest absolute Gasteiger partial charge is 0.383 e. The van der Waals surface area contributed by atoms with E-state index in [4.69, 9.17) is 10.5 Å². The topological polar surface area (TPSA) is 141 Å². The Balaban J connectivity index is 1.87. The second-order valence-corrected chi connectivity index (χ2v) is 9.13. The predicted molar refractivity (Wildman–Crippen MR) is 123 cm³/mol. The van der Waals surface area contributed by atoms with Crippen molar-refractivity contribution in [3.8, 4) is 0 Å². The summed E-state index contributed by atoms with van der Waals surface area (Å²) < 4.78 is 8.49. The zero-order chi connectivity index (χ0) is 23.3. The number of amides is 1. The van der Waals surface area contributed by atoms with Crippen LogP contribution in [0.5, 0.6) is 0 Å². The van der Waals surface area contributed by atoms with Crippen molar-refractivity contribution in [1.82, 2.24) is 24.3 Å². The van der Waals surface area contributed by atoms with Crippen LogP contribution in [0.1, 0.15) is 38.9 Å². The fourth-order valence-electron chi connectivity index (χ4n) is 3.70. The first-order valence-electron chi connectivity index (χ1n) is 10.8. The highest BCUT2D eigenvalue weighted by atomic mass is 32.2. The lowest BCUT2D eigenvalue weighted by Gasteiger charge is -2.24. The molecule has 3 heterocycles. The minimum atomic E-state index is -0.696. The Morgan fingerprint density at radius 2 is 2.06 bits per heavy atom. The summed E-state index contributed by atoms with van der Waals surface area (Å²) in [6.45, 7) is 5.35. The van der Waals surface area contributed by atoms with Crippen molar-refractivity contribution in [2.75, 3.05) is 36.6 Å². The molecule has 0 unspecified atom stereocenters. The number of fused-ring (bicyclic) bond motifs is 1. The fourth-order valence-corrected chi connectivity index (χ4v) is 4.56. The molecule has 32 heavy (non-hydrogen) atoms. The third-order valence-corrected chi connectivity index (χ3v) is 6.20. The summed E-state index contributed by atoms with van der Waals surface area (Å²) in [5, 5.41) is 9.19. The number of ether oxygens (including phenoxy) is 1. The van der Waals surface area contributed by atoms with E-state index in [0.717, 1.165) is 38.1 Å². The standard InChI is InChI=1S/C20H31N7O4S/c1-13(2)11-27-17(21)16(18(29)22-19(27)30)26(9-10-31-3)15(28)12-32-20-24-23-14-7-5-4-6-8-25(14)20/h13H,4-12,21H2,1-3H3,(H,22,29,30). The van der Waals surface area contributed by atoms with Gasteiger partial charge >= 0.3 is 5.69 Å². The van der Waals surface area contributed by atoms with Crippen LogP contribution < -0.4 is 21.9 Å². The molecule has 3 N–H and O–H groups in total. The normalized spacial score (nSPS) is 13.8. The number of nitrogen functional groups attached to an aromatic ring is 1. The van der Waals surface area contributed by atoms with Crippen LogP contribution in [0.4, 0.5) is 11.5 Å². The van der Waals surface area contributed by atoms with E-state index < -0.39 is 11.2 Å². The number of nitrogens with two attached hydrogens (primary N) is 1. The van der Waals surface area contributed by atoms with Gasteiger partial charge in [-0.1, -0.05) is 32.0 Å². The number of anilines is 2. The molecule has 1 amide bonds. The van der Waals surface area contributed by atoms with Crippen LogP contribution in [0.15, 0.2) is 14.7 Å². The van der Waals surface area contributed by atoms with Gasteiger partial charge in [-0.3, -0.25) is 19.1 Å². The molecule has 0 bridgehead atoms. The first kappa shape index (κ1) is 24.1. The molecule has 3 rings (SSSR count). The van der Waals surface area contributed by atoms with Gasteiger partial charge in [-0.25, -0.2) is 4.79 Å². The van der Waals surface area contributed by atoms with Gasteiger partial charge in [-0.05, 0) is 18.8 Å². The Labute approximate surface area is 190 Å². The van der Waals surface area contributed by atoms with Crippen molar-refractivity contribution >= 4 is 29.2 Å². The number of thioether (sulfide) groups is 1. The number of nitrogens with one attached hydrogen (secondary N) is 1. The number of hydrogen-bond donors (Lipinski definition) is 2. The van der Waals surface area contributed by atoms with E-state index in [1.807, 2.05) is 13.8 Å². The summed E-state index contributed by atoms with van der Waals surface area (Å²) >= 11 is 1.28. The molecule has 0 aliphatic carbocycles. The third kappa shape index (κ3) is 5.41. The number of aryl methyl sites for hydroxylation is 1. The lowest BCUT2D eigenvalue weighted by Crippen LogP contribution is -2.43. The van der Waals surface area contributed by atoms with Gasteiger partial charge in [0.1, 0.15) is 11.6 Å². The minimum absolute atomic E-state index is 0.0294. The molecule has 2 aromatic heterocycles. The molecule has 0 spiro atoms. The molecule has 0 fully saturated rings. The molecule has 0 saturated carbocycles. The van der Waals surface area contributed by atoms with Crippen LogP contribution in [-0.4, -0.2) is 56.2 Å². The molecule has 1 aliphatic rings. The molecule has 176 valence electrons. The van der Waals surface area contributed by atoms with E-state index in [0.29, 0.717) is 11.7 Å². The van der Waals surface area contributed by atoms with E-state index in [9.17, 15) is 14.4 Å². The highest BCUT2D eigenvalue weighted by Gasteiger charge is 2.25. The number of hydrogen-bond acceptors (Lipinski definition) is 8. The van der Waals surface area contributed by atoms with Crippen molar-refractivity contribution in [1.29, 1.82) is 0 Å². The first-order chi connectivity index (χ1) is 15.3. The highest BCUT2D eigenvalue weighted by molar-refractivity contribution is 7.99. The van der Waals surface area contributed by atoms with Crippen LogP contribution in [-0.2, 0) is 29.0 Å². The van der Waals surface area contributed by atoms with E-state index in [-0.39, 0.29) is 42.2 Å². The van der Waals surface area contributed by atoms with Crippen LogP contribution >= 0.6 is 11.8 Å². The van der Waals surface area contributed by atoms with E-state index >= 15 is 0 Å². The molecule has 2 aromatic rings. The molecular formula is C20H31N7O4S. The van der Waals surface area contributed by atoms with Crippen molar-refractivity contribution in [2.45, 2.75) is 57.8 Å². The number of carbonyl (C=O) groups is 1. The summed E-state index contributed by atoms with van der Waals surface area (Å²) in [7, 11) is 1.51. The van der Waals surface area contributed by atoms with Crippen LogP contribution in [0, 0.1) is 5.92 Å². The van der Waals surface area contributed by atoms with Crippen molar-refractivity contribution in [3.63, 3.8) is 0 Å². The molecular weight excluding hydrogens is 434 g/mol. The summed E-state index contributed by atoms with van der Waals surface area (Å²) in [4.78, 5) is 41.7. The average Bonchev–Trinajstić information content (AvgIpc) is 2.97. The molecule has 11 nitrogen and oxygen atoms in total. The van der Waals surface area contributed by atoms with Gasteiger partial charge in [0.15, 0.2) is 10.8 Å². The Morgan fingerprint density at radius 1 is 1.28 bits per heavy atom. The number of rotatable bonds is 9. The zero-order valence-electron chi connectivity index (χ0n) is 18.8. The Morgan fingerprint density at radius 3 is 2.78 bits per heavy atom. The van der Waals surface area contributed by atoms with Gasteiger partial charge in [0.2, 0.25) is 5.91 Å². The molecule has 0 radical (unpaired) electrons. The zero-order valence-corrected chi connectivity index (χ0v) is 19.6. The SMILES string of the molecule is COCCN(C(=O)CSc1nnc2n1CCCCC2)c1c(N)n(CC(C)C)c(=O)[nH]c1=O. The Bertz CT molecular complexity index is 1060. The van der Waals surface area contributed by atoms with Gasteiger partial charge in [0.05, 0.1) is 12.4 Å². The smallest absolute Gasteiger partial charge is 0.330 e. The van der Waals surface area contributed by atoms with E-state index in [1.165, 1.54) is 28.3 Å². The molecule has 1 aliphatic heterocycles. The average molecular weight is 466 g/mol. The van der Waals surface area contributed by atoms with Crippen LogP contribution in [0.3, 0.4) is 0 Å². The van der Waals surface area contributed by atoms with Crippen molar-refractivity contribution < 1.29 is 9.53 Å². The molecule has 0 atom stereocenters. The summed E-state index contributed by atoms with van der Waals surface area (Å²) in [6.07, 6.45) is 4.16. The number of methoxy groups -OCH3 is 1. The second kappa shape index (κ2) is 10.8. The van der Waals surface area contributed by atoms with Crippen LogP contribution in [0.25, 0.3) is 0 Å². The summed E-state index contributed by atoms with van der Waals surface area (Å²) in [5.41, 5.74) is 4.89. The monoisotopic (exact) mass is 465 g/mol. The number of carbonyl (C=O) groups excluding carboxylic acids is 1. The molecule has 0 aromatic carbocycles. The van der Waals surface area contributed by atoms with Gasteiger partial charge in [0.25, 0.3) is 5.56 Å². The number of H-pyrrole nitrogens is 1. The molecule has 0 saturated heterocycles. The lowest BCUT2D eigenvalue weighted by atomic mass is 10.2. The number of aromatic amines is 1. The third-order valence-electron chi connectivity index (χ3n) is 5.25. The summed E-state index contributed by atoms with van der Waals surface area (Å²) in [5.74, 6) is 0.748. The minimum Gasteiger partial charge on any atom is -0.383 e. The Hall–Kier alpha value is -2.60. The van der Waals surface area contributed by atoms with Crippen molar-refractivity contribution in [2.24, 2.45) is 5.92 Å². The lowest BCUT2D eigenvalue weighted by molar-refractivity contribution is -0.116. The maximum Gasteiger partial charge on any atom is 0.330 e. The second-order valence-electron chi connectivity index (χ2n) is 8.19.